The van der Waals surface area contributed by atoms with E-state index < -0.39 is 0 Å². The molecule has 1 fully saturated rings. The molecule has 0 aliphatic heterocycles. The molecule has 2 aromatic carbocycles. The third-order valence-corrected chi connectivity index (χ3v) is 4.34. The van der Waals surface area contributed by atoms with Crippen molar-refractivity contribution in [2.24, 2.45) is 0 Å². The zero-order valence-corrected chi connectivity index (χ0v) is 14.5. The highest BCUT2D eigenvalue weighted by Gasteiger charge is 2.23. The van der Waals surface area contributed by atoms with Crippen LogP contribution in [0.1, 0.15) is 28.8 Å². The van der Waals surface area contributed by atoms with Crippen molar-refractivity contribution in [3.63, 3.8) is 0 Å². The molecule has 2 aromatic rings. The number of carbonyl (C=O) groups is 2. The summed E-state index contributed by atoms with van der Waals surface area (Å²) < 4.78 is 0.831. The van der Waals surface area contributed by atoms with Gasteiger partial charge in [-0.25, -0.2) is 0 Å². The molecule has 0 unspecified atom stereocenters. The fraction of sp³-hybridized carbons (Fsp3) is 0.158. The summed E-state index contributed by atoms with van der Waals surface area (Å²) >= 11 is 3.39. The standard InChI is InChI=1S/C19H17BrN2O2/c20-16-3-1-2-4-17(16)22-18(23)12-7-13-5-8-14(9-6-13)19(24)21-15-10-11-15/h1-9,12,15H,10-11H2,(H,21,24)(H,22,23)/b12-7+. The number of hydrogen-bond donors (Lipinski definition) is 2. The predicted octanol–water partition coefficient (Wildman–Crippen LogP) is 3.99. The predicted molar refractivity (Wildman–Crippen MR) is 98.7 cm³/mol. The van der Waals surface area contributed by atoms with E-state index in [4.69, 9.17) is 0 Å². The summed E-state index contributed by atoms with van der Waals surface area (Å²) in [5, 5.41) is 5.75. The highest BCUT2D eigenvalue weighted by molar-refractivity contribution is 9.10. The van der Waals surface area contributed by atoms with Crippen LogP contribution in [0.4, 0.5) is 5.69 Å². The van der Waals surface area contributed by atoms with Crippen LogP contribution in [0.2, 0.25) is 0 Å². The molecule has 2 N–H and O–H groups in total. The van der Waals surface area contributed by atoms with Gasteiger partial charge < -0.3 is 10.6 Å². The molecule has 24 heavy (non-hydrogen) atoms. The van der Waals surface area contributed by atoms with Gasteiger partial charge in [0, 0.05) is 22.2 Å². The number of amides is 2. The summed E-state index contributed by atoms with van der Waals surface area (Å²) in [7, 11) is 0. The molecule has 0 atom stereocenters. The lowest BCUT2D eigenvalue weighted by atomic mass is 10.1. The van der Waals surface area contributed by atoms with Crippen LogP contribution in [-0.4, -0.2) is 17.9 Å². The zero-order valence-electron chi connectivity index (χ0n) is 13.0. The van der Waals surface area contributed by atoms with Crippen molar-refractivity contribution >= 4 is 39.5 Å². The number of carbonyl (C=O) groups excluding carboxylic acids is 2. The number of para-hydroxylation sites is 1. The van der Waals surface area contributed by atoms with E-state index in [1.165, 1.54) is 6.08 Å². The smallest absolute Gasteiger partial charge is 0.251 e. The SMILES string of the molecule is O=C(/C=C/c1ccc(C(=O)NC2CC2)cc1)Nc1ccccc1Br. The van der Waals surface area contributed by atoms with Gasteiger partial charge in [0.15, 0.2) is 0 Å². The molecule has 0 heterocycles. The van der Waals surface area contributed by atoms with Crippen molar-refractivity contribution in [1.82, 2.24) is 5.32 Å². The van der Waals surface area contributed by atoms with Gasteiger partial charge in [-0.05, 0) is 64.7 Å². The van der Waals surface area contributed by atoms with Crippen molar-refractivity contribution in [2.45, 2.75) is 18.9 Å². The first kappa shape index (κ1) is 16.5. The maximum atomic E-state index is 12.0. The largest absolute Gasteiger partial charge is 0.349 e. The van der Waals surface area contributed by atoms with Crippen LogP contribution >= 0.6 is 15.9 Å². The van der Waals surface area contributed by atoms with E-state index in [0.29, 0.717) is 11.6 Å². The van der Waals surface area contributed by atoms with E-state index in [1.807, 2.05) is 36.4 Å². The number of halogens is 1. The van der Waals surface area contributed by atoms with Gasteiger partial charge in [0.05, 0.1) is 5.69 Å². The molecule has 4 nitrogen and oxygen atoms in total. The first-order chi connectivity index (χ1) is 11.6. The van der Waals surface area contributed by atoms with Crippen LogP contribution in [0.25, 0.3) is 6.08 Å². The third kappa shape index (κ3) is 4.55. The molecule has 0 radical (unpaired) electrons. The molecule has 122 valence electrons. The second-order valence-corrected chi connectivity index (χ2v) is 6.53. The number of rotatable bonds is 5. The van der Waals surface area contributed by atoms with Gasteiger partial charge in [-0.2, -0.15) is 0 Å². The maximum Gasteiger partial charge on any atom is 0.251 e. The molecule has 0 aromatic heterocycles. The van der Waals surface area contributed by atoms with Crippen molar-refractivity contribution in [1.29, 1.82) is 0 Å². The van der Waals surface area contributed by atoms with E-state index >= 15 is 0 Å². The van der Waals surface area contributed by atoms with Gasteiger partial charge in [0.25, 0.3) is 5.91 Å². The average Bonchev–Trinajstić information content (AvgIpc) is 3.39. The number of nitrogens with one attached hydrogen (secondary N) is 2. The lowest BCUT2D eigenvalue weighted by Gasteiger charge is -2.04. The molecule has 1 aliphatic carbocycles. The van der Waals surface area contributed by atoms with Crippen LogP contribution in [0.5, 0.6) is 0 Å². The molecule has 3 rings (SSSR count). The Labute approximate surface area is 149 Å². The van der Waals surface area contributed by atoms with Gasteiger partial charge in [-0.15, -0.1) is 0 Å². The topological polar surface area (TPSA) is 58.2 Å². The van der Waals surface area contributed by atoms with Crippen LogP contribution in [0.3, 0.4) is 0 Å². The molecule has 1 aliphatic rings. The van der Waals surface area contributed by atoms with E-state index in [9.17, 15) is 9.59 Å². The third-order valence-electron chi connectivity index (χ3n) is 3.64. The van der Waals surface area contributed by atoms with Crippen LogP contribution in [0, 0.1) is 0 Å². The molecule has 1 saturated carbocycles. The molecule has 0 saturated heterocycles. The van der Waals surface area contributed by atoms with Crippen molar-refractivity contribution in [2.75, 3.05) is 5.32 Å². The highest BCUT2D eigenvalue weighted by atomic mass is 79.9. The van der Waals surface area contributed by atoms with Gasteiger partial charge in [0.1, 0.15) is 0 Å². The van der Waals surface area contributed by atoms with E-state index in [2.05, 4.69) is 26.6 Å². The Kier molecular flexibility index (Phi) is 5.11. The first-order valence-corrected chi connectivity index (χ1v) is 8.55. The monoisotopic (exact) mass is 384 g/mol. The van der Waals surface area contributed by atoms with Crippen molar-refractivity contribution in [3.8, 4) is 0 Å². The van der Waals surface area contributed by atoms with E-state index in [1.54, 1.807) is 18.2 Å². The number of anilines is 1. The van der Waals surface area contributed by atoms with Gasteiger partial charge in [-0.1, -0.05) is 24.3 Å². The minimum atomic E-state index is -0.211. The van der Waals surface area contributed by atoms with E-state index in [0.717, 1.165) is 28.6 Å². The van der Waals surface area contributed by atoms with E-state index in [-0.39, 0.29) is 11.8 Å². The number of benzene rings is 2. The Morgan fingerprint density at radius 1 is 1.04 bits per heavy atom. The fourth-order valence-electron chi connectivity index (χ4n) is 2.15. The van der Waals surface area contributed by atoms with Crippen LogP contribution in [0.15, 0.2) is 59.1 Å². The van der Waals surface area contributed by atoms with Crippen LogP contribution in [-0.2, 0) is 4.79 Å². The summed E-state index contributed by atoms with van der Waals surface area (Å²) in [5.74, 6) is -0.253. The number of hydrogen-bond acceptors (Lipinski definition) is 2. The minimum Gasteiger partial charge on any atom is -0.349 e. The highest BCUT2D eigenvalue weighted by Crippen LogP contribution is 2.21. The first-order valence-electron chi connectivity index (χ1n) is 7.76. The Bertz CT molecular complexity index is 780. The molecule has 0 bridgehead atoms. The zero-order chi connectivity index (χ0) is 16.9. The van der Waals surface area contributed by atoms with Gasteiger partial charge in [0.2, 0.25) is 5.91 Å². The molecule has 5 heteroatoms. The molecular formula is C19H17BrN2O2. The second-order valence-electron chi connectivity index (χ2n) is 5.67. The summed E-state index contributed by atoms with van der Waals surface area (Å²) in [6, 6.07) is 15.0. The van der Waals surface area contributed by atoms with Gasteiger partial charge >= 0.3 is 0 Å². The average molecular weight is 385 g/mol. The Morgan fingerprint density at radius 3 is 2.42 bits per heavy atom. The summed E-state index contributed by atoms with van der Waals surface area (Å²) in [6.45, 7) is 0. The Morgan fingerprint density at radius 2 is 1.75 bits per heavy atom. The normalized spacial score (nSPS) is 13.7. The maximum absolute atomic E-state index is 12.0. The summed E-state index contributed by atoms with van der Waals surface area (Å²) in [4.78, 5) is 23.9. The molecular weight excluding hydrogens is 368 g/mol. The minimum absolute atomic E-state index is 0.0419. The van der Waals surface area contributed by atoms with Gasteiger partial charge in [-0.3, -0.25) is 9.59 Å². The molecule has 0 spiro atoms. The quantitative estimate of drug-likeness (QED) is 0.765. The molecule has 2 amide bonds. The van der Waals surface area contributed by atoms with Crippen LogP contribution < -0.4 is 10.6 Å². The summed E-state index contributed by atoms with van der Waals surface area (Å²) in [5.41, 5.74) is 2.22. The Balaban J connectivity index is 1.58. The summed E-state index contributed by atoms with van der Waals surface area (Å²) in [6.07, 6.45) is 5.33. The fourth-order valence-corrected chi connectivity index (χ4v) is 2.53. The van der Waals surface area contributed by atoms with Crippen molar-refractivity contribution < 1.29 is 9.59 Å². The lowest BCUT2D eigenvalue weighted by Crippen LogP contribution is -2.25. The Hall–Kier alpha value is -2.40. The second kappa shape index (κ2) is 7.45. The van der Waals surface area contributed by atoms with Crippen molar-refractivity contribution in [3.05, 3.63) is 70.2 Å². The lowest BCUT2D eigenvalue weighted by molar-refractivity contribution is -0.111.